The Morgan fingerprint density at radius 1 is 0.260 bits per heavy atom. The molecular formula is C92H81N5O30. The molecule has 0 saturated carbocycles. The summed E-state index contributed by atoms with van der Waals surface area (Å²) in [6, 6.07) is 58.5. The summed E-state index contributed by atoms with van der Waals surface area (Å²) in [5.41, 5.74) is 8.93. The molecule has 35 nitrogen and oxygen atoms in total. The van der Waals surface area contributed by atoms with Crippen LogP contribution in [-0.2, 0) is 83.3 Å². The SMILES string of the molecule is O=C(/C=C/c1ccc(O)c(O)c1O)Nc1ccc(C(=O)O)cc1.O=C(Cc1cc(O)c(O)c(O)c1)Nc1cccc(C(=O)O)c1.O=C(O)Cc1cccc(-c2ccccc2NC(=O)CCc2cc(O)c(O)c(O)c2)c1.O=C(O)Cc1cccc(-c2ccccc2NC(=O)Cc2cc(O)c(O)c(O)c2)c1.O=C(O)Cc1cccc(NC(=O)Cc2cc(O)c(O)c(O)c2)c1. The Morgan fingerprint density at radius 3 is 1.03 bits per heavy atom. The second-order valence-corrected chi connectivity index (χ2v) is 27.5. The van der Waals surface area contributed by atoms with Crippen molar-refractivity contribution in [3.05, 3.63) is 292 Å². The van der Waals surface area contributed by atoms with Crippen LogP contribution in [0.1, 0.15) is 71.6 Å². The normalized spacial score (nSPS) is 10.4. The third-order valence-electron chi connectivity index (χ3n) is 17.8. The lowest BCUT2D eigenvalue weighted by atomic mass is 10.00. The van der Waals surface area contributed by atoms with E-state index in [2.05, 4.69) is 26.6 Å². The van der Waals surface area contributed by atoms with Crippen LogP contribution in [0.4, 0.5) is 28.4 Å². The number of amides is 5. The number of aromatic carboxylic acids is 2. The van der Waals surface area contributed by atoms with Crippen molar-refractivity contribution in [2.45, 2.75) is 51.4 Å². The van der Waals surface area contributed by atoms with Crippen LogP contribution in [0, 0.1) is 0 Å². The van der Waals surface area contributed by atoms with E-state index in [1.807, 2.05) is 36.4 Å². The molecular weight excluding hydrogens is 1660 g/mol. The number of carbonyl (C=O) groups excluding carboxylic acids is 5. The standard InChI is InChI=1S/C23H21NO6.C22H19NO6.C16H13NO6.C16H15NO6.C15H13NO6/c25-19-11-15(12-20(26)23(19)30)8-9-21(27)24-18-7-2-1-6-17(18)16-5-3-4-14(10-16)13-22(28)29;24-18-9-14(10-19(25)22(18)29)11-20(26)23-17-7-2-1-6-16(17)15-5-3-4-13(8-15)12-21(27)28;18-12-7-3-9(14(20)15(12)21)4-8-13(19)17-11-5-1-10(2-6-11)16(22)23;18-12-5-10(6-13(19)16(12)23)7-14(20)17-11-3-1-2-9(4-11)8-15(21)22;17-11-4-8(5-12(18)14(11)20)6-13(19)16-10-3-1-2-9(7-10)15(21)22/h1-7,10-12,25-26,30H,8-9,13H2,(H,24,27)(H,28,29);1-10,24-25,29H,11-12H2,(H,23,26)(H,27,28);1-8,18,20-21H,(H,17,19)(H,22,23);1-6,18-19,23H,7-8H2,(H,17,20)(H,21,22);1-5,7,17-18,20H,6H2,(H,16,19)(H,21,22)/b;;8-4+;;. The topological polar surface area (TPSA) is 635 Å². The zero-order valence-corrected chi connectivity index (χ0v) is 66.3. The van der Waals surface area contributed by atoms with E-state index in [9.17, 15) is 125 Å². The van der Waals surface area contributed by atoms with Gasteiger partial charge < -0.3 is 129 Å². The monoisotopic (exact) mass is 1740 g/mol. The van der Waals surface area contributed by atoms with Gasteiger partial charge in [0.15, 0.2) is 80.5 Å². The summed E-state index contributed by atoms with van der Waals surface area (Å²) in [4.78, 5) is 115. The smallest absolute Gasteiger partial charge is 0.335 e. The van der Waals surface area contributed by atoms with Crippen LogP contribution in [0.25, 0.3) is 28.3 Å². The summed E-state index contributed by atoms with van der Waals surface area (Å²) in [5.74, 6) is -15.3. The lowest BCUT2D eigenvalue weighted by Gasteiger charge is -2.13. The van der Waals surface area contributed by atoms with Crippen molar-refractivity contribution in [2.24, 2.45) is 0 Å². The van der Waals surface area contributed by atoms with Gasteiger partial charge in [0.1, 0.15) is 0 Å². The maximum atomic E-state index is 12.5. The van der Waals surface area contributed by atoms with Crippen molar-refractivity contribution in [1.82, 2.24) is 0 Å². The highest BCUT2D eigenvalue weighted by molar-refractivity contribution is 6.03. The van der Waals surface area contributed by atoms with E-state index in [0.717, 1.165) is 40.5 Å². The molecule has 0 aromatic heterocycles. The molecule has 0 aliphatic rings. The Labute approximate surface area is 719 Å². The summed E-state index contributed by atoms with van der Waals surface area (Å²) in [6.45, 7) is 0. The minimum Gasteiger partial charge on any atom is -0.504 e. The van der Waals surface area contributed by atoms with Crippen molar-refractivity contribution < 1.29 is 150 Å². The van der Waals surface area contributed by atoms with Crippen LogP contribution in [0.2, 0.25) is 0 Å². The number of carboxylic acid groups (broad SMARTS) is 5. The first-order chi connectivity index (χ1) is 60.2. The Morgan fingerprint density at radius 2 is 0.622 bits per heavy atom. The number of para-hydroxylation sites is 2. The molecule has 12 aromatic carbocycles. The average molecular weight is 1740 g/mol. The second-order valence-electron chi connectivity index (χ2n) is 27.5. The number of aromatic hydroxyl groups is 15. The summed E-state index contributed by atoms with van der Waals surface area (Å²) in [6.07, 6.45) is 1.96. The highest BCUT2D eigenvalue weighted by Gasteiger charge is 2.20. The number of carboxylic acids is 5. The van der Waals surface area contributed by atoms with Crippen LogP contribution in [-0.4, -0.2) is 162 Å². The van der Waals surface area contributed by atoms with E-state index >= 15 is 0 Å². The minimum atomic E-state index is -1.11. The lowest BCUT2D eigenvalue weighted by molar-refractivity contribution is -0.137. The fourth-order valence-corrected chi connectivity index (χ4v) is 11.9. The number of aryl methyl sites for hydroxylation is 1. The van der Waals surface area contributed by atoms with E-state index in [1.54, 1.807) is 84.9 Å². The van der Waals surface area contributed by atoms with Crippen molar-refractivity contribution in [2.75, 3.05) is 26.6 Å². The lowest BCUT2D eigenvalue weighted by Crippen LogP contribution is -2.15. The second kappa shape index (κ2) is 44.4. The molecule has 0 spiro atoms. The fraction of sp³-hybridized carbons (Fsp3) is 0.0870. The van der Waals surface area contributed by atoms with Crippen molar-refractivity contribution in [3.63, 3.8) is 0 Å². The fourth-order valence-electron chi connectivity index (χ4n) is 11.9. The number of anilines is 5. The number of phenolic OH excluding ortho intramolecular Hbond substituents is 15. The van der Waals surface area contributed by atoms with Gasteiger partial charge in [0.25, 0.3) is 0 Å². The van der Waals surface area contributed by atoms with Gasteiger partial charge in [-0.15, -0.1) is 0 Å². The number of carbonyl (C=O) groups is 10. The number of nitrogens with one attached hydrogen (secondary N) is 5. The van der Waals surface area contributed by atoms with E-state index in [0.29, 0.717) is 67.4 Å². The number of aliphatic carboxylic acids is 3. The van der Waals surface area contributed by atoms with Crippen molar-refractivity contribution in [3.8, 4) is 108 Å². The van der Waals surface area contributed by atoms with Gasteiger partial charge in [0.2, 0.25) is 35.3 Å². The van der Waals surface area contributed by atoms with Crippen LogP contribution < -0.4 is 26.6 Å². The van der Waals surface area contributed by atoms with Crippen molar-refractivity contribution >= 4 is 93.9 Å². The largest absolute Gasteiger partial charge is 0.504 e. The van der Waals surface area contributed by atoms with Gasteiger partial charge in [-0.3, -0.25) is 38.4 Å². The molecule has 0 saturated heterocycles. The van der Waals surface area contributed by atoms with Crippen molar-refractivity contribution in [1.29, 1.82) is 0 Å². The first-order valence-corrected chi connectivity index (χ1v) is 37.4. The molecule has 0 atom stereocenters. The van der Waals surface area contributed by atoms with Gasteiger partial charge in [-0.25, -0.2) is 9.59 Å². The Kier molecular flexibility index (Phi) is 33.1. The molecule has 12 aromatic rings. The number of benzene rings is 12. The number of hydrogen-bond acceptors (Lipinski definition) is 25. The summed E-state index contributed by atoms with van der Waals surface area (Å²) >= 11 is 0. The summed E-state index contributed by atoms with van der Waals surface area (Å²) < 4.78 is 0. The van der Waals surface area contributed by atoms with Gasteiger partial charge in [0, 0.05) is 57.6 Å². The first kappa shape index (κ1) is 94.6. The van der Waals surface area contributed by atoms with Crippen LogP contribution in [0.15, 0.2) is 237 Å². The molecule has 0 bridgehead atoms. The third-order valence-corrected chi connectivity index (χ3v) is 17.8. The maximum absolute atomic E-state index is 12.5. The first-order valence-electron chi connectivity index (χ1n) is 37.4. The third kappa shape index (κ3) is 28.9. The van der Waals surface area contributed by atoms with Crippen LogP contribution in [0.3, 0.4) is 0 Å². The molecule has 654 valence electrons. The van der Waals surface area contributed by atoms with Crippen LogP contribution in [0.5, 0.6) is 86.2 Å². The predicted molar refractivity (Wildman–Crippen MR) is 460 cm³/mol. The minimum absolute atomic E-state index is 0.0396. The number of rotatable bonds is 26. The van der Waals surface area contributed by atoms with Gasteiger partial charge >= 0.3 is 29.8 Å². The van der Waals surface area contributed by atoms with Gasteiger partial charge in [-0.2, -0.15) is 0 Å². The predicted octanol–water partition coefficient (Wildman–Crippen LogP) is 12.4. The maximum Gasteiger partial charge on any atom is 0.335 e. The molecule has 25 N–H and O–H groups in total. The van der Waals surface area contributed by atoms with Gasteiger partial charge in [0.05, 0.1) is 49.7 Å². The zero-order chi connectivity index (χ0) is 92.9. The molecule has 0 aliphatic heterocycles. The molecule has 0 aliphatic carbocycles. The summed E-state index contributed by atoms with van der Waals surface area (Å²) in [5, 5.41) is 199. The molecule has 0 radical (unpaired) electrons. The van der Waals surface area contributed by atoms with Crippen LogP contribution >= 0.6 is 0 Å². The van der Waals surface area contributed by atoms with E-state index in [1.165, 1.54) is 103 Å². The van der Waals surface area contributed by atoms with Gasteiger partial charge in [-0.05, 0) is 190 Å². The van der Waals surface area contributed by atoms with E-state index in [-0.39, 0.29) is 79.9 Å². The van der Waals surface area contributed by atoms with Gasteiger partial charge in [-0.1, -0.05) is 103 Å². The zero-order valence-electron chi connectivity index (χ0n) is 66.3. The number of hydrogen-bond donors (Lipinski definition) is 25. The molecule has 0 heterocycles. The molecule has 5 amide bonds. The van der Waals surface area contributed by atoms with E-state index < -0.39 is 134 Å². The highest BCUT2D eigenvalue weighted by Crippen LogP contribution is 2.41. The molecule has 0 fully saturated rings. The molecule has 35 heteroatoms. The quantitative estimate of drug-likeness (QED) is 0.0177. The Bertz CT molecular complexity index is 6060. The average Bonchev–Trinajstić information content (AvgIpc) is 0.827. The highest BCUT2D eigenvalue weighted by atomic mass is 16.4. The Hall–Kier alpha value is -17.9. The Balaban J connectivity index is 0.000000198. The van der Waals surface area contributed by atoms with E-state index in [4.69, 9.17) is 25.5 Å². The molecule has 127 heavy (non-hydrogen) atoms. The number of phenols is 15. The molecule has 0 unspecified atom stereocenters. The summed E-state index contributed by atoms with van der Waals surface area (Å²) in [7, 11) is 0. The molecule has 12 rings (SSSR count).